The summed E-state index contributed by atoms with van der Waals surface area (Å²) < 4.78 is 19.2. The van der Waals surface area contributed by atoms with Gasteiger partial charge in [0.05, 0.1) is 5.56 Å². The molecule has 22 heavy (non-hydrogen) atoms. The summed E-state index contributed by atoms with van der Waals surface area (Å²) in [5, 5.41) is 6.71. The Hall–Kier alpha value is -2.24. The predicted molar refractivity (Wildman–Crippen MR) is 78.5 cm³/mol. The molecule has 1 fully saturated rings. The molecule has 0 unspecified atom stereocenters. The van der Waals surface area contributed by atoms with Crippen LogP contribution in [0.5, 0.6) is 0 Å². The molecular weight excluding hydrogens is 285 g/mol. The summed E-state index contributed by atoms with van der Waals surface area (Å²) in [6, 6.07) is 6.25. The number of hydrogen-bond acceptors (Lipinski definition) is 4. The van der Waals surface area contributed by atoms with Crippen LogP contribution in [0.4, 0.5) is 4.39 Å². The van der Waals surface area contributed by atoms with Crippen molar-refractivity contribution in [1.29, 1.82) is 0 Å². The molecule has 0 bridgehead atoms. The van der Waals surface area contributed by atoms with Crippen molar-refractivity contribution in [2.75, 3.05) is 6.54 Å². The Morgan fingerprint density at radius 1 is 1.41 bits per heavy atom. The van der Waals surface area contributed by atoms with Crippen LogP contribution in [0.1, 0.15) is 32.6 Å². The van der Waals surface area contributed by atoms with Crippen LogP contribution in [0.25, 0.3) is 11.4 Å². The lowest BCUT2D eigenvalue weighted by molar-refractivity contribution is -0.125. The van der Waals surface area contributed by atoms with E-state index in [-0.39, 0.29) is 23.2 Å². The van der Waals surface area contributed by atoms with Gasteiger partial charge in [-0.15, -0.1) is 0 Å². The summed E-state index contributed by atoms with van der Waals surface area (Å²) in [6.07, 6.45) is 1.24. The van der Waals surface area contributed by atoms with Crippen LogP contribution in [0.3, 0.4) is 0 Å². The number of benzene rings is 1. The zero-order valence-electron chi connectivity index (χ0n) is 12.6. The Balaban J connectivity index is 2.01. The summed E-state index contributed by atoms with van der Waals surface area (Å²) in [4.78, 5) is 16.7. The second-order valence-corrected chi connectivity index (χ2v) is 6.09. The van der Waals surface area contributed by atoms with Gasteiger partial charge in [-0.05, 0) is 30.9 Å². The molecule has 0 radical (unpaired) electrons. The number of nitrogens with one attached hydrogen (secondary N) is 1. The third-order valence-electron chi connectivity index (χ3n) is 3.98. The van der Waals surface area contributed by atoms with Gasteiger partial charge < -0.3 is 9.84 Å². The SMILES string of the molecule is CC(C)C[C@]1(c2nc(-c3ccccc3F)no2)CCNC1=O. The van der Waals surface area contributed by atoms with Crippen molar-refractivity contribution in [3.63, 3.8) is 0 Å². The van der Waals surface area contributed by atoms with Crippen molar-refractivity contribution in [1.82, 2.24) is 15.5 Å². The molecule has 3 rings (SSSR count). The smallest absolute Gasteiger partial charge is 0.242 e. The molecule has 0 spiro atoms. The van der Waals surface area contributed by atoms with Gasteiger partial charge in [0.2, 0.25) is 17.6 Å². The molecule has 1 saturated heterocycles. The quantitative estimate of drug-likeness (QED) is 0.943. The van der Waals surface area contributed by atoms with Gasteiger partial charge in [-0.3, -0.25) is 4.79 Å². The van der Waals surface area contributed by atoms with E-state index >= 15 is 0 Å². The van der Waals surface area contributed by atoms with Crippen molar-refractivity contribution in [2.24, 2.45) is 5.92 Å². The Kier molecular flexibility index (Phi) is 3.68. The van der Waals surface area contributed by atoms with E-state index in [9.17, 15) is 9.18 Å². The highest BCUT2D eigenvalue weighted by atomic mass is 19.1. The highest BCUT2D eigenvalue weighted by molar-refractivity contribution is 5.89. The van der Waals surface area contributed by atoms with Crippen LogP contribution in [0, 0.1) is 11.7 Å². The van der Waals surface area contributed by atoms with Gasteiger partial charge in [0.25, 0.3) is 0 Å². The van der Waals surface area contributed by atoms with Crippen LogP contribution < -0.4 is 5.32 Å². The van der Waals surface area contributed by atoms with E-state index in [0.29, 0.717) is 25.3 Å². The number of rotatable bonds is 4. The van der Waals surface area contributed by atoms with E-state index in [4.69, 9.17) is 4.52 Å². The first kappa shape index (κ1) is 14.7. The van der Waals surface area contributed by atoms with Crippen molar-refractivity contribution >= 4 is 5.91 Å². The number of halogens is 1. The third-order valence-corrected chi connectivity index (χ3v) is 3.98. The molecule has 2 heterocycles. The molecule has 0 saturated carbocycles. The second-order valence-electron chi connectivity index (χ2n) is 6.09. The first-order chi connectivity index (χ1) is 10.5. The third kappa shape index (κ3) is 2.38. The lowest BCUT2D eigenvalue weighted by Crippen LogP contribution is -2.37. The topological polar surface area (TPSA) is 68.0 Å². The van der Waals surface area contributed by atoms with Gasteiger partial charge in [0, 0.05) is 6.54 Å². The minimum atomic E-state index is -0.801. The Morgan fingerprint density at radius 3 is 2.82 bits per heavy atom. The summed E-state index contributed by atoms with van der Waals surface area (Å²) in [5.41, 5.74) is -0.527. The van der Waals surface area contributed by atoms with Gasteiger partial charge >= 0.3 is 0 Å². The first-order valence-electron chi connectivity index (χ1n) is 7.40. The fourth-order valence-corrected chi connectivity index (χ4v) is 3.02. The monoisotopic (exact) mass is 303 g/mol. The molecule has 1 aromatic heterocycles. The molecule has 1 N–H and O–H groups in total. The minimum Gasteiger partial charge on any atom is -0.355 e. The van der Waals surface area contributed by atoms with Crippen molar-refractivity contribution < 1.29 is 13.7 Å². The Morgan fingerprint density at radius 2 is 2.18 bits per heavy atom. The molecule has 1 aromatic carbocycles. The average molecular weight is 303 g/mol. The van der Waals surface area contributed by atoms with Gasteiger partial charge in [0.1, 0.15) is 11.2 Å². The van der Waals surface area contributed by atoms with E-state index in [2.05, 4.69) is 15.5 Å². The molecule has 2 aromatic rings. The maximum atomic E-state index is 13.8. The summed E-state index contributed by atoms with van der Waals surface area (Å²) in [6.45, 7) is 4.67. The Labute approximate surface area is 127 Å². The standard InChI is InChI=1S/C16H18FN3O2/c1-10(2)9-16(7-8-18-14(16)21)15-19-13(20-22-15)11-5-3-4-6-12(11)17/h3-6,10H,7-9H2,1-2H3,(H,18,21)/t16-/m1/s1. The largest absolute Gasteiger partial charge is 0.355 e. The van der Waals surface area contributed by atoms with E-state index in [1.54, 1.807) is 18.2 Å². The average Bonchev–Trinajstić information content (AvgIpc) is 3.08. The zero-order valence-corrected chi connectivity index (χ0v) is 12.6. The van der Waals surface area contributed by atoms with Crippen molar-refractivity contribution in [3.8, 4) is 11.4 Å². The zero-order chi connectivity index (χ0) is 15.7. The van der Waals surface area contributed by atoms with Crippen LogP contribution in [-0.2, 0) is 10.2 Å². The first-order valence-corrected chi connectivity index (χ1v) is 7.40. The molecule has 1 atom stereocenters. The summed E-state index contributed by atoms with van der Waals surface area (Å²) in [7, 11) is 0. The maximum absolute atomic E-state index is 13.8. The molecule has 1 aliphatic rings. The van der Waals surface area contributed by atoms with E-state index < -0.39 is 11.2 Å². The lowest BCUT2D eigenvalue weighted by atomic mass is 9.78. The van der Waals surface area contributed by atoms with Crippen molar-refractivity contribution in [2.45, 2.75) is 32.1 Å². The molecule has 1 amide bonds. The fraction of sp³-hybridized carbons (Fsp3) is 0.438. The lowest BCUT2D eigenvalue weighted by Gasteiger charge is -2.23. The van der Waals surface area contributed by atoms with E-state index in [0.717, 1.165) is 0 Å². The van der Waals surface area contributed by atoms with Gasteiger partial charge in [-0.1, -0.05) is 31.1 Å². The molecule has 0 aliphatic carbocycles. The fourth-order valence-electron chi connectivity index (χ4n) is 3.02. The van der Waals surface area contributed by atoms with Crippen LogP contribution in [0.2, 0.25) is 0 Å². The van der Waals surface area contributed by atoms with E-state index in [1.165, 1.54) is 6.07 Å². The second kappa shape index (κ2) is 5.51. The van der Waals surface area contributed by atoms with Crippen LogP contribution >= 0.6 is 0 Å². The molecule has 6 heteroatoms. The summed E-state index contributed by atoms with van der Waals surface area (Å²) >= 11 is 0. The van der Waals surface area contributed by atoms with Gasteiger partial charge in [-0.25, -0.2) is 4.39 Å². The van der Waals surface area contributed by atoms with Gasteiger partial charge in [-0.2, -0.15) is 4.98 Å². The number of carbonyl (C=O) groups excluding carboxylic acids is 1. The predicted octanol–water partition coefficient (Wildman–Crippen LogP) is 2.68. The highest BCUT2D eigenvalue weighted by Gasteiger charge is 2.49. The van der Waals surface area contributed by atoms with E-state index in [1.807, 2.05) is 13.8 Å². The van der Waals surface area contributed by atoms with Crippen LogP contribution in [-0.4, -0.2) is 22.6 Å². The van der Waals surface area contributed by atoms with Crippen molar-refractivity contribution in [3.05, 3.63) is 36.0 Å². The minimum absolute atomic E-state index is 0.0927. The molecule has 5 nitrogen and oxygen atoms in total. The number of carbonyl (C=O) groups is 1. The normalized spacial score (nSPS) is 21.4. The number of amides is 1. The Bertz CT molecular complexity index is 698. The number of nitrogens with zero attached hydrogens (tertiary/aromatic N) is 2. The number of aromatic nitrogens is 2. The van der Waals surface area contributed by atoms with Crippen LogP contribution in [0.15, 0.2) is 28.8 Å². The molecule has 1 aliphatic heterocycles. The molecular formula is C16H18FN3O2. The number of hydrogen-bond donors (Lipinski definition) is 1. The highest BCUT2D eigenvalue weighted by Crippen LogP contribution is 2.37. The molecule has 116 valence electrons. The summed E-state index contributed by atoms with van der Waals surface area (Å²) in [5.74, 6) is 0.242. The maximum Gasteiger partial charge on any atom is 0.242 e. The van der Waals surface area contributed by atoms with Gasteiger partial charge in [0.15, 0.2) is 0 Å².